The Kier molecular flexibility index (Phi) is 12.7. The first kappa shape index (κ1) is 29.6. The second kappa shape index (κ2) is 15.4. The minimum atomic E-state index is -0.993. The Balaban J connectivity index is 2.67. The molecule has 0 saturated carbocycles. The fourth-order valence-electron chi connectivity index (χ4n) is 2.86. The Morgan fingerprint density at radius 2 is 1.47 bits per heavy atom. The van der Waals surface area contributed by atoms with E-state index in [-0.39, 0.29) is 30.6 Å². The molecule has 0 saturated heterocycles. The molecule has 16 nitrogen and oxygen atoms in total. The molecule has 0 aliphatic carbocycles. The number of hydrogen-bond acceptors (Lipinski definition) is 8. The Labute approximate surface area is 207 Å². The molecule has 1 rings (SSSR count). The van der Waals surface area contributed by atoms with E-state index in [2.05, 4.69) is 25.9 Å². The average molecular weight is 508 g/mol. The first-order chi connectivity index (χ1) is 17.0. The molecule has 0 fully saturated rings. The molecular formula is C20H33N11O5. The van der Waals surface area contributed by atoms with Crippen molar-refractivity contribution in [2.24, 2.45) is 38.7 Å². The number of aliphatic imine (C=N–C) groups is 2. The van der Waals surface area contributed by atoms with Gasteiger partial charge < -0.3 is 44.6 Å². The normalized spacial score (nSPS) is 11.9. The van der Waals surface area contributed by atoms with E-state index in [0.717, 1.165) is 0 Å². The summed E-state index contributed by atoms with van der Waals surface area (Å²) in [5.41, 5.74) is 27.0. The lowest BCUT2D eigenvalue weighted by Crippen LogP contribution is -2.49. The summed E-state index contributed by atoms with van der Waals surface area (Å²) in [6, 6.07) is 3.34. The molecule has 1 aromatic carbocycles. The maximum atomic E-state index is 12.8. The number of anilines is 1. The predicted molar refractivity (Wildman–Crippen MR) is 134 cm³/mol. The van der Waals surface area contributed by atoms with E-state index in [0.29, 0.717) is 31.5 Å². The fourth-order valence-corrected chi connectivity index (χ4v) is 2.86. The molecule has 3 amide bonds. The maximum Gasteiger partial charge on any atom is 0.269 e. The zero-order valence-electron chi connectivity index (χ0n) is 19.7. The zero-order chi connectivity index (χ0) is 27.1. The van der Waals surface area contributed by atoms with E-state index in [1.165, 1.54) is 24.3 Å². The van der Waals surface area contributed by atoms with Gasteiger partial charge in [0.25, 0.3) is 5.69 Å². The average Bonchev–Trinajstić information content (AvgIpc) is 2.81. The number of guanidine groups is 2. The Bertz CT molecular complexity index is 957. The van der Waals surface area contributed by atoms with Crippen LogP contribution in [-0.4, -0.2) is 66.3 Å². The molecule has 198 valence electrons. The summed E-state index contributed by atoms with van der Waals surface area (Å²) in [5.74, 6) is -1.90. The number of carbonyl (C=O) groups excluding carboxylic acids is 3. The molecule has 0 aliphatic rings. The van der Waals surface area contributed by atoms with Gasteiger partial charge in [-0.15, -0.1) is 0 Å². The number of nitro groups is 1. The second-order valence-corrected chi connectivity index (χ2v) is 7.64. The van der Waals surface area contributed by atoms with Crippen LogP contribution in [0.4, 0.5) is 11.4 Å². The first-order valence-corrected chi connectivity index (χ1v) is 11.0. The second-order valence-electron chi connectivity index (χ2n) is 7.64. The van der Waals surface area contributed by atoms with Crippen LogP contribution in [0.25, 0.3) is 0 Å². The summed E-state index contributed by atoms with van der Waals surface area (Å²) < 4.78 is 0. The highest BCUT2D eigenvalue weighted by Crippen LogP contribution is 2.16. The van der Waals surface area contributed by atoms with Crippen molar-refractivity contribution in [2.45, 2.75) is 37.8 Å². The van der Waals surface area contributed by atoms with E-state index in [1.54, 1.807) is 0 Å². The van der Waals surface area contributed by atoms with Crippen molar-refractivity contribution in [1.82, 2.24) is 10.6 Å². The van der Waals surface area contributed by atoms with Gasteiger partial charge in [-0.1, -0.05) is 0 Å². The molecule has 0 heterocycles. The van der Waals surface area contributed by atoms with Crippen LogP contribution in [0.3, 0.4) is 0 Å². The minimum Gasteiger partial charge on any atom is -0.370 e. The fraction of sp³-hybridized carbons (Fsp3) is 0.450. The number of benzene rings is 1. The first-order valence-electron chi connectivity index (χ1n) is 11.0. The predicted octanol–water partition coefficient (Wildman–Crippen LogP) is -2.43. The quantitative estimate of drug-likeness (QED) is 0.0408. The number of non-ortho nitro benzene ring substituents is 1. The molecule has 13 N–H and O–H groups in total. The topological polar surface area (TPSA) is 285 Å². The molecule has 0 aliphatic heterocycles. The zero-order valence-corrected chi connectivity index (χ0v) is 19.7. The van der Waals surface area contributed by atoms with Crippen molar-refractivity contribution in [1.29, 1.82) is 0 Å². The SMILES string of the molecule is NC(N)=NCCC[C@@H](N)C(=O)NCC(=O)N[C@@H](CCCN=C(N)N)C(=O)Nc1ccc([N+](=O)[O-])cc1. The van der Waals surface area contributed by atoms with Crippen molar-refractivity contribution in [3.63, 3.8) is 0 Å². The van der Waals surface area contributed by atoms with Crippen LogP contribution in [0.2, 0.25) is 0 Å². The Morgan fingerprint density at radius 3 is 2.00 bits per heavy atom. The Morgan fingerprint density at radius 1 is 0.917 bits per heavy atom. The summed E-state index contributed by atoms with van der Waals surface area (Å²) in [6.07, 6.45) is 1.32. The number of carbonyl (C=O) groups is 3. The van der Waals surface area contributed by atoms with E-state index in [4.69, 9.17) is 28.7 Å². The van der Waals surface area contributed by atoms with E-state index < -0.39 is 41.3 Å². The number of nitrogens with two attached hydrogens (primary N) is 5. The standard InChI is InChI=1S/C20H33N11O5/c21-14(3-1-9-26-19(22)23)17(33)28-11-16(32)30-15(4-2-10-27-20(24)25)18(34)29-12-5-7-13(8-6-12)31(35)36/h5-8,14-15H,1-4,9-11,21H2,(H,28,33)(H,29,34)(H,30,32)(H4,22,23,26)(H4,24,25,27)/t14-,15+/m1/s1. The van der Waals surface area contributed by atoms with Crippen LogP contribution in [0, 0.1) is 10.1 Å². The van der Waals surface area contributed by atoms with Gasteiger partial charge in [0.15, 0.2) is 11.9 Å². The molecule has 0 radical (unpaired) electrons. The highest BCUT2D eigenvalue weighted by atomic mass is 16.6. The van der Waals surface area contributed by atoms with E-state index in [1.807, 2.05) is 0 Å². The summed E-state index contributed by atoms with van der Waals surface area (Å²) in [5, 5.41) is 18.3. The Hall–Kier alpha value is -4.47. The van der Waals surface area contributed by atoms with E-state index in [9.17, 15) is 24.5 Å². The van der Waals surface area contributed by atoms with Crippen molar-refractivity contribution < 1.29 is 19.3 Å². The lowest BCUT2D eigenvalue weighted by atomic mass is 10.1. The van der Waals surface area contributed by atoms with Crippen LogP contribution in [0.5, 0.6) is 0 Å². The highest BCUT2D eigenvalue weighted by Gasteiger charge is 2.22. The lowest BCUT2D eigenvalue weighted by Gasteiger charge is -2.19. The minimum absolute atomic E-state index is 0.0600. The molecule has 1 aromatic rings. The maximum absolute atomic E-state index is 12.8. The number of nitro benzene ring substituents is 1. The van der Waals surface area contributed by atoms with Gasteiger partial charge in [-0.05, 0) is 37.8 Å². The van der Waals surface area contributed by atoms with Crippen molar-refractivity contribution in [2.75, 3.05) is 25.0 Å². The van der Waals surface area contributed by atoms with Crippen LogP contribution < -0.4 is 44.6 Å². The van der Waals surface area contributed by atoms with Gasteiger partial charge >= 0.3 is 0 Å². The van der Waals surface area contributed by atoms with Gasteiger partial charge in [-0.2, -0.15) is 0 Å². The third kappa shape index (κ3) is 12.1. The molecule has 0 aromatic heterocycles. The molecule has 2 atom stereocenters. The van der Waals surface area contributed by atoms with Crippen LogP contribution >= 0.6 is 0 Å². The van der Waals surface area contributed by atoms with Crippen LogP contribution in [0.1, 0.15) is 25.7 Å². The number of rotatable bonds is 15. The summed E-state index contributed by atoms with van der Waals surface area (Å²) in [7, 11) is 0. The molecule has 36 heavy (non-hydrogen) atoms. The smallest absolute Gasteiger partial charge is 0.269 e. The summed E-state index contributed by atoms with van der Waals surface area (Å²) in [4.78, 5) is 55.1. The van der Waals surface area contributed by atoms with Crippen LogP contribution in [0.15, 0.2) is 34.3 Å². The summed E-state index contributed by atoms with van der Waals surface area (Å²) in [6.45, 7) is 0.135. The van der Waals surface area contributed by atoms with Gasteiger partial charge in [0.1, 0.15) is 6.04 Å². The van der Waals surface area contributed by atoms with Gasteiger partial charge in [0.05, 0.1) is 17.5 Å². The number of hydrogen-bond donors (Lipinski definition) is 8. The molecule has 0 bridgehead atoms. The van der Waals surface area contributed by atoms with E-state index >= 15 is 0 Å². The number of amides is 3. The number of nitrogens with one attached hydrogen (secondary N) is 3. The summed E-state index contributed by atoms with van der Waals surface area (Å²) >= 11 is 0. The molecular weight excluding hydrogens is 474 g/mol. The van der Waals surface area contributed by atoms with Crippen molar-refractivity contribution >= 4 is 41.0 Å². The van der Waals surface area contributed by atoms with Gasteiger partial charge in [0, 0.05) is 30.9 Å². The number of nitrogens with zero attached hydrogens (tertiary/aromatic N) is 3. The lowest BCUT2D eigenvalue weighted by molar-refractivity contribution is -0.384. The van der Waals surface area contributed by atoms with Crippen molar-refractivity contribution in [3.05, 3.63) is 34.4 Å². The largest absolute Gasteiger partial charge is 0.370 e. The highest BCUT2D eigenvalue weighted by molar-refractivity contribution is 5.98. The third-order valence-corrected chi connectivity index (χ3v) is 4.67. The van der Waals surface area contributed by atoms with Gasteiger partial charge in [-0.25, -0.2) is 0 Å². The third-order valence-electron chi connectivity index (χ3n) is 4.67. The molecule has 16 heteroatoms. The van der Waals surface area contributed by atoms with Crippen LogP contribution in [-0.2, 0) is 14.4 Å². The molecule has 0 spiro atoms. The molecule has 0 unspecified atom stereocenters. The monoisotopic (exact) mass is 507 g/mol. The van der Waals surface area contributed by atoms with Gasteiger partial charge in [0.2, 0.25) is 17.7 Å². The van der Waals surface area contributed by atoms with Gasteiger partial charge in [-0.3, -0.25) is 34.5 Å². The van der Waals surface area contributed by atoms with Crippen molar-refractivity contribution in [3.8, 4) is 0 Å².